The highest BCUT2D eigenvalue weighted by Crippen LogP contribution is 2.18. The van der Waals surface area contributed by atoms with Crippen molar-refractivity contribution in [3.8, 4) is 5.75 Å². The number of carbonyl (C=O) groups is 2. The van der Waals surface area contributed by atoms with Gasteiger partial charge in [-0.1, -0.05) is 12.1 Å². The van der Waals surface area contributed by atoms with E-state index in [4.69, 9.17) is 9.47 Å². The molecule has 1 atom stereocenters. The van der Waals surface area contributed by atoms with Crippen LogP contribution >= 0.6 is 0 Å². The zero-order valence-corrected chi connectivity index (χ0v) is 15.9. The lowest BCUT2D eigenvalue weighted by Gasteiger charge is -2.27. The van der Waals surface area contributed by atoms with Crippen molar-refractivity contribution in [1.29, 1.82) is 0 Å². The molecular weight excluding hydrogens is 360 g/mol. The SMILES string of the molecule is COc1ccc(CN2CCn3nc(C(=O)NCC4CCCO4)cc3C2=O)cc1. The Kier molecular flexibility index (Phi) is 5.29. The standard InChI is InChI=1S/C20H24N4O4/c1-27-15-6-4-14(5-7-15)13-23-8-9-24-18(20(23)26)11-17(22-24)19(25)21-12-16-3-2-10-28-16/h4-7,11,16H,2-3,8-10,12-13H2,1H3,(H,21,25). The van der Waals surface area contributed by atoms with E-state index in [2.05, 4.69) is 10.4 Å². The fraction of sp³-hybridized carbons (Fsp3) is 0.450. The zero-order valence-electron chi connectivity index (χ0n) is 15.9. The van der Waals surface area contributed by atoms with Crippen molar-refractivity contribution >= 4 is 11.8 Å². The molecule has 0 spiro atoms. The number of hydrogen-bond acceptors (Lipinski definition) is 5. The third-order valence-corrected chi connectivity index (χ3v) is 5.15. The topological polar surface area (TPSA) is 85.7 Å². The minimum atomic E-state index is -0.271. The molecule has 0 saturated carbocycles. The van der Waals surface area contributed by atoms with E-state index in [1.165, 1.54) is 0 Å². The third kappa shape index (κ3) is 3.87. The number of methoxy groups -OCH3 is 1. The van der Waals surface area contributed by atoms with Gasteiger partial charge in [0.1, 0.15) is 11.4 Å². The Bertz CT molecular complexity index is 856. The van der Waals surface area contributed by atoms with Crippen LogP contribution in [0.3, 0.4) is 0 Å². The molecule has 2 aliphatic heterocycles. The van der Waals surface area contributed by atoms with Crippen molar-refractivity contribution < 1.29 is 19.1 Å². The van der Waals surface area contributed by atoms with Gasteiger partial charge in [0, 0.05) is 32.3 Å². The van der Waals surface area contributed by atoms with E-state index in [1.807, 2.05) is 24.3 Å². The summed E-state index contributed by atoms with van der Waals surface area (Å²) in [7, 11) is 1.62. The van der Waals surface area contributed by atoms with Crippen LogP contribution < -0.4 is 10.1 Å². The number of nitrogens with one attached hydrogen (secondary N) is 1. The van der Waals surface area contributed by atoms with Crippen molar-refractivity contribution in [1.82, 2.24) is 20.0 Å². The van der Waals surface area contributed by atoms with Crippen molar-refractivity contribution in [3.63, 3.8) is 0 Å². The first-order valence-corrected chi connectivity index (χ1v) is 9.54. The highest BCUT2D eigenvalue weighted by Gasteiger charge is 2.28. The van der Waals surface area contributed by atoms with Crippen molar-refractivity contribution in [2.45, 2.75) is 32.0 Å². The maximum Gasteiger partial charge on any atom is 0.272 e. The smallest absolute Gasteiger partial charge is 0.272 e. The summed E-state index contributed by atoms with van der Waals surface area (Å²) < 4.78 is 12.3. The Balaban J connectivity index is 1.40. The van der Waals surface area contributed by atoms with Crippen LogP contribution in [0, 0.1) is 0 Å². The molecule has 1 N–H and O–H groups in total. The molecule has 8 nitrogen and oxygen atoms in total. The first-order valence-electron chi connectivity index (χ1n) is 9.54. The van der Waals surface area contributed by atoms with Gasteiger partial charge in [0.2, 0.25) is 0 Å². The second-order valence-electron chi connectivity index (χ2n) is 7.06. The summed E-state index contributed by atoms with van der Waals surface area (Å²) in [6.07, 6.45) is 2.05. The van der Waals surface area contributed by atoms with Gasteiger partial charge in [-0.3, -0.25) is 14.3 Å². The average Bonchev–Trinajstić information content (AvgIpc) is 3.39. The number of benzene rings is 1. The Hall–Kier alpha value is -2.87. The Labute approximate surface area is 163 Å². The van der Waals surface area contributed by atoms with Crippen LogP contribution in [0.25, 0.3) is 0 Å². The number of rotatable bonds is 6. The number of amides is 2. The molecule has 3 heterocycles. The first-order chi connectivity index (χ1) is 13.6. The Morgan fingerprint density at radius 2 is 2.14 bits per heavy atom. The molecule has 0 radical (unpaired) electrons. The van der Waals surface area contributed by atoms with Gasteiger partial charge < -0.3 is 19.7 Å². The van der Waals surface area contributed by atoms with E-state index in [1.54, 1.807) is 22.8 Å². The Morgan fingerprint density at radius 1 is 1.32 bits per heavy atom. The highest BCUT2D eigenvalue weighted by molar-refractivity contribution is 5.98. The number of hydrogen-bond donors (Lipinski definition) is 1. The van der Waals surface area contributed by atoms with Gasteiger partial charge in [-0.15, -0.1) is 0 Å². The number of fused-ring (bicyclic) bond motifs is 1. The lowest BCUT2D eigenvalue weighted by molar-refractivity contribution is 0.0683. The lowest BCUT2D eigenvalue weighted by atomic mass is 10.1. The van der Waals surface area contributed by atoms with Gasteiger partial charge in [-0.05, 0) is 30.5 Å². The van der Waals surface area contributed by atoms with Crippen molar-refractivity contribution in [2.24, 2.45) is 0 Å². The van der Waals surface area contributed by atoms with Crippen LogP contribution in [0.15, 0.2) is 30.3 Å². The van der Waals surface area contributed by atoms with Gasteiger partial charge in [0.15, 0.2) is 5.69 Å². The summed E-state index contributed by atoms with van der Waals surface area (Å²) in [6.45, 7) is 2.84. The average molecular weight is 384 g/mol. The van der Waals surface area contributed by atoms with Gasteiger partial charge in [0.25, 0.3) is 11.8 Å². The number of aromatic nitrogens is 2. The third-order valence-electron chi connectivity index (χ3n) is 5.15. The molecule has 2 aliphatic rings. The van der Waals surface area contributed by atoms with Crippen molar-refractivity contribution in [3.05, 3.63) is 47.3 Å². The first kappa shape index (κ1) is 18.5. The van der Waals surface area contributed by atoms with Gasteiger partial charge in [-0.25, -0.2) is 0 Å². The molecule has 0 aliphatic carbocycles. The summed E-state index contributed by atoms with van der Waals surface area (Å²) in [6, 6.07) is 9.23. The van der Waals surface area contributed by atoms with Gasteiger partial charge >= 0.3 is 0 Å². The lowest BCUT2D eigenvalue weighted by Crippen LogP contribution is -2.39. The summed E-state index contributed by atoms with van der Waals surface area (Å²) in [5.74, 6) is 0.394. The fourth-order valence-electron chi connectivity index (χ4n) is 3.55. The predicted molar refractivity (Wildman–Crippen MR) is 101 cm³/mol. The van der Waals surface area contributed by atoms with Gasteiger partial charge in [0.05, 0.1) is 19.8 Å². The van der Waals surface area contributed by atoms with Crippen LogP contribution in [0.1, 0.15) is 39.4 Å². The molecule has 1 aromatic heterocycles. The van der Waals surface area contributed by atoms with Crippen LogP contribution in [0.4, 0.5) is 0 Å². The Morgan fingerprint density at radius 3 is 2.86 bits per heavy atom. The van der Waals surface area contributed by atoms with E-state index < -0.39 is 0 Å². The quantitative estimate of drug-likeness (QED) is 0.815. The number of nitrogens with zero attached hydrogens (tertiary/aromatic N) is 3. The molecule has 2 aromatic rings. The van der Waals surface area contributed by atoms with E-state index in [0.717, 1.165) is 30.8 Å². The maximum absolute atomic E-state index is 12.8. The molecular formula is C20H24N4O4. The second kappa shape index (κ2) is 8.02. The molecule has 0 bridgehead atoms. The van der Waals surface area contributed by atoms with Gasteiger partial charge in [-0.2, -0.15) is 5.10 Å². The summed E-state index contributed by atoms with van der Waals surface area (Å²) in [5.41, 5.74) is 1.74. The van der Waals surface area contributed by atoms with Crippen LogP contribution in [-0.2, 0) is 17.8 Å². The minimum Gasteiger partial charge on any atom is -0.497 e. The van der Waals surface area contributed by atoms with E-state index >= 15 is 0 Å². The molecule has 28 heavy (non-hydrogen) atoms. The molecule has 1 aromatic carbocycles. The predicted octanol–water partition coefficient (Wildman–Crippen LogP) is 1.46. The van der Waals surface area contributed by atoms with E-state index in [-0.39, 0.29) is 23.6 Å². The molecule has 8 heteroatoms. The highest BCUT2D eigenvalue weighted by atomic mass is 16.5. The second-order valence-corrected chi connectivity index (χ2v) is 7.06. The molecule has 148 valence electrons. The summed E-state index contributed by atoms with van der Waals surface area (Å²) >= 11 is 0. The largest absolute Gasteiger partial charge is 0.497 e. The molecule has 1 unspecified atom stereocenters. The van der Waals surface area contributed by atoms with Crippen molar-refractivity contribution in [2.75, 3.05) is 26.8 Å². The molecule has 1 fully saturated rings. The van der Waals surface area contributed by atoms with Crippen LogP contribution in [-0.4, -0.2) is 59.4 Å². The minimum absolute atomic E-state index is 0.0720. The molecule has 4 rings (SSSR count). The summed E-state index contributed by atoms with van der Waals surface area (Å²) in [5, 5.41) is 7.16. The van der Waals surface area contributed by atoms with E-state index in [0.29, 0.717) is 31.9 Å². The van der Waals surface area contributed by atoms with E-state index in [9.17, 15) is 9.59 Å². The number of carbonyl (C=O) groups excluding carboxylic acids is 2. The number of ether oxygens (including phenoxy) is 2. The monoisotopic (exact) mass is 384 g/mol. The maximum atomic E-state index is 12.8. The zero-order chi connectivity index (χ0) is 19.5. The molecule has 2 amide bonds. The molecule has 1 saturated heterocycles. The van der Waals surface area contributed by atoms with Crippen LogP contribution in [0.5, 0.6) is 5.75 Å². The summed E-state index contributed by atoms with van der Waals surface area (Å²) in [4.78, 5) is 27.0. The fourth-order valence-corrected chi connectivity index (χ4v) is 3.55. The normalized spacial score (nSPS) is 18.8. The van der Waals surface area contributed by atoms with Crippen LogP contribution in [0.2, 0.25) is 0 Å².